The number of allylic oxidation sites excluding steroid dienone is 3. The molecule has 0 unspecified atom stereocenters. The molecule has 0 radical (unpaired) electrons. The minimum absolute atomic E-state index is 0.0567. The van der Waals surface area contributed by atoms with E-state index in [1.165, 1.54) is 21.6 Å². The maximum Gasteiger partial charge on any atom is 0.203 e. The van der Waals surface area contributed by atoms with E-state index in [4.69, 9.17) is 14.2 Å². The SMILES string of the molecule is COc1cc(C2=C(SI)C[C@@]3(C)C[C@@H](O)CC3=C2C)cc(OC)c1OC. The number of fused-ring (bicyclic) bond motifs is 1. The van der Waals surface area contributed by atoms with E-state index in [0.717, 1.165) is 24.8 Å². The zero-order valence-electron chi connectivity index (χ0n) is 15.8. The van der Waals surface area contributed by atoms with Crippen molar-refractivity contribution < 1.29 is 19.3 Å². The third-order valence-corrected chi connectivity index (χ3v) is 7.69. The first-order valence-corrected chi connectivity index (χ1v) is 11.9. The summed E-state index contributed by atoms with van der Waals surface area (Å²) in [5.41, 5.74) is 4.99. The molecule has 0 spiro atoms. The van der Waals surface area contributed by atoms with Crippen LogP contribution in [0.15, 0.2) is 28.2 Å². The van der Waals surface area contributed by atoms with E-state index in [2.05, 4.69) is 35.1 Å². The summed E-state index contributed by atoms with van der Waals surface area (Å²) in [7, 11) is 6.65. The van der Waals surface area contributed by atoms with Gasteiger partial charge in [0.2, 0.25) is 5.75 Å². The molecule has 142 valence electrons. The molecule has 3 rings (SSSR count). The smallest absolute Gasteiger partial charge is 0.203 e. The van der Waals surface area contributed by atoms with Gasteiger partial charge >= 0.3 is 0 Å². The number of aliphatic hydroxyl groups is 1. The molecule has 4 nitrogen and oxygen atoms in total. The third kappa shape index (κ3) is 3.24. The highest BCUT2D eigenvalue weighted by molar-refractivity contribution is 14.2. The molecule has 1 saturated carbocycles. The van der Waals surface area contributed by atoms with Crippen molar-refractivity contribution >= 4 is 35.7 Å². The second-order valence-electron chi connectivity index (χ2n) is 7.19. The summed E-state index contributed by atoms with van der Waals surface area (Å²) in [6.07, 6.45) is 2.30. The summed E-state index contributed by atoms with van der Waals surface area (Å²) in [4.78, 5) is 1.33. The largest absolute Gasteiger partial charge is 0.493 e. The highest BCUT2D eigenvalue weighted by atomic mass is 127. The van der Waals surface area contributed by atoms with Crippen LogP contribution >= 0.6 is 30.1 Å². The minimum atomic E-state index is -0.246. The first-order valence-electron chi connectivity index (χ1n) is 8.59. The molecule has 26 heavy (non-hydrogen) atoms. The Labute approximate surface area is 171 Å². The molecule has 0 amide bonds. The Morgan fingerprint density at radius 2 is 1.77 bits per heavy atom. The third-order valence-electron chi connectivity index (χ3n) is 5.56. The molecule has 6 heteroatoms. The molecule has 1 N–H and O–H groups in total. The van der Waals surface area contributed by atoms with Gasteiger partial charge in [-0.1, -0.05) is 21.4 Å². The van der Waals surface area contributed by atoms with Crippen LogP contribution in [0, 0.1) is 5.41 Å². The van der Waals surface area contributed by atoms with E-state index >= 15 is 0 Å². The standard InChI is InChI=1S/C20H25IO4S/c1-11-14-8-13(22)9-20(14,2)10-17(26-21)18(11)12-6-15(23-3)19(25-5)16(7-12)24-4/h6-7,13,22H,8-10H2,1-5H3/t13-,20+/m0/s1. The number of halogens is 1. The second-order valence-corrected chi connectivity index (χ2v) is 9.16. The summed E-state index contributed by atoms with van der Waals surface area (Å²) < 4.78 is 16.6. The maximum atomic E-state index is 10.3. The van der Waals surface area contributed by atoms with Gasteiger partial charge in [-0.05, 0) is 60.4 Å². The second kappa shape index (κ2) is 7.64. The topological polar surface area (TPSA) is 47.9 Å². The summed E-state index contributed by atoms with van der Waals surface area (Å²) in [5, 5.41) is 10.3. The van der Waals surface area contributed by atoms with E-state index < -0.39 is 0 Å². The van der Waals surface area contributed by atoms with Crippen molar-refractivity contribution in [3.8, 4) is 17.2 Å². The van der Waals surface area contributed by atoms with Gasteiger partial charge in [0.05, 0.1) is 27.4 Å². The summed E-state index contributed by atoms with van der Waals surface area (Å²) in [5.74, 6) is 1.92. The normalized spacial score (nSPS) is 25.4. The molecule has 2 aliphatic rings. The van der Waals surface area contributed by atoms with Crippen molar-refractivity contribution in [1.29, 1.82) is 0 Å². The number of benzene rings is 1. The average molecular weight is 488 g/mol. The van der Waals surface area contributed by atoms with Crippen LogP contribution in [-0.4, -0.2) is 32.5 Å². The van der Waals surface area contributed by atoms with Crippen LogP contribution in [0.4, 0.5) is 0 Å². The lowest BCUT2D eigenvalue weighted by Crippen LogP contribution is -2.20. The monoisotopic (exact) mass is 488 g/mol. The molecule has 1 aromatic carbocycles. The van der Waals surface area contributed by atoms with E-state index in [9.17, 15) is 5.11 Å². The van der Waals surface area contributed by atoms with Crippen LogP contribution in [0.2, 0.25) is 0 Å². The molecule has 0 aromatic heterocycles. The zero-order valence-corrected chi connectivity index (χ0v) is 18.8. The molecular weight excluding hydrogens is 463 g/mol. The summed E-state index contributed by atoms with van der Waals surface area (Å²) >= 11 is 2.36. The Hall–Kier alpha value is -0.860. The van der Waals surface area contributed by atoms with Crippen molar-refractivity contribution in [3.05, 3.63) is 33.7 Å². The fourth-order valence-electron chi connectivity index (χ4n) is 4.45. The average Bonchev–Trinajstić information content (AvgIpc) is 2.94. The van der Waals surface area contributed by atoms with Crippen molar-refractivity contribution in [2.24, 2.45) is 5.41 Å². The number of aliphatic hydroxyl groups excluding tert-OH is 1. The molecule has 2 aliphatic carbocycles. The fraction of sp³-hybridized carbons (Fsp3) is 0.500. The molecule has 0 bridgehead atoms. The summed E-state index contributed by atoms with van der Waals surface area (Å²) in [6, 6.07) is 4.03. The van der Waals surface area contributed by atoms with Gasteiger partial charge in [0.1, 0.15) is 0 Å². The predicted molar refractivity (Wildman–Crippen MR) is 115 cm³/mol. The van der Waals surface area contributed by atoms with E-state index in [1.54, 1.807) is 30.3 Å². The van der Waals surface area contributed by atoms with Crippen LogP contribution in [-0.2, 0) is 0 Å². The van der Waals surface area contributed by atoms with Gasteiger partial charge in [0.25, 0.3) is 0 Å². The Morgan fingerprint density at radius 3 is 2.27 bits per heavy atom. The number of hydrogen-bond donors (Lipinski definition) is 1. The van der Waals surface area contributed by atoms with E-state index in [0.29, 0.717) is 17.2 Å². The van der Waals surface area contributed by atoms with Crippen LogP contribution in [0.5, 0.6) is 17.2 Å². The lowest BCUT2D eigenvalue weighted by Gasteiger charge is -2.35. The highest BCUT2D eigenvalue weighted by Crippen LogP contribution is 2.58. The molecule has 0 saturated heterocycles. The van der Waals surface area contributed by atoms with Gasteiger partial charge in [0, 0.05) is 26.1 Å². The molecule has 2 atom stereocenters. The minimum Gasteiger partial charge on any atom is -0.493 e. The maximum absolute atomic E-state index is 10.3. The number of methoxy groups -OCH3 is 3. The zero-order chi connectivity index (χ0) is 19.1. The van der Waals surface area contributed by atoms with Crippen LogP contribution in [0.3, 0.4) is 0 Å². The van der Waals surface area contributed by atoms with Gasteiger partial charge in [-0.3, -0.25) is 0 Å². The molecular formula is C20H25IO4S. The van der Waals surface area contributed by atoms with Crippen molar-refractivity contribution in [2.75, 3.05) is 21.3 Å². The molecule has 0 heterocycles. The fourth-order valence-corrected chi connectivity index (χ4v) is 6.30. The Bertz CT molecular complexity index is 761. The predicted octanol–water partition coefficient (Wildman–Crippen LogP) is 5.39. The number of rotatable bonds is 5. The Balaban J connectivity index is 2.20. The molecule has 1 fully saturated rings. The summed E-state index contributed by atoms with van der Waals surface area (Å²) in [6.45, 7) is 4.46. The lowest BCUT2D eigenvalue weighted by atomic mass is 9.72. The number of ether oxygens (including phenoxy) is 3. The van der Waals surface area contributed by atoms with Crippen molar-refractivity contribution in [1.82, 2.24) is 0 Å². The first kappa shape index (κ1) is 19.9. The van der Waals surface area contributed by atoms with Crippen LogP contribution < -0.4 is 14.2 Å². The van der Waals surface area contributed by atoms with Gasteiger partial charge in [0.15, 0.2) is 11.5 Å². The Morgan fingerprint density at radius 1 is 1.15 bits per heavy atom. The van der Waals surface area contributed by atoms with Crippen LogP contribution in [0.1, 0.15) is 38.7 Å². The quantitative estimate of drug-likeness (QED) is 0.564. The van der Waals surface area contributed by atoms with Gasteiger partial charge in [-0.2, -0.15) is 0 Å². The van der Waals surface area contributed by atoms with Crippen LogP contribution in [0.25, 0.3) is 5.57 Å². The van der Waals surface area contributed by atoms with Crippen molar-refractivity contribution in [3.63, 3.8) is 0 Å². The first-order chi connectivity index (χ1) is 12.4. The van der Waals surface area contributed by atoms with Gasteiger partial charge < -0.3 is 19.3 Å². The molecule has 0 aliphatic heterocycles. The lowest BCUT2D eigenvalue weighted by molar-refractivity contribution is 0.164. The van der Waals surface area contributed by atoms with E-state index in [1.807, 2.05) is 12.1 Å². The van der Waals surface area contributed by atoms with Gasteiger partial charge in [-0.15, -0.1) is 0 Å². The number of hydrogen-bond acceptors (Lipinski definition) is 5. The van der Waals surface area contributed by atoms with Gasteiger partial charge in [-0.25, -0.2) is 0 Å². The van der Waals surface area contributed by atoms with E-state index in [-0.39, 0.29) is 11.5 Å². The Kier molecular flexibility index (Phi) is 5.84. The highest BCUT2D eigenvalue weighted by Gasteiger charge is 2.44. The molecule has 1 aromatic rings. The van der Waals surface area contributed by atoms with Crippen molar-refractivity contribution in [2.45, 2.75) is 39.2 Å².